The Morgan fingerprint density at radius 2 is 1.73 bits per heavy atom. The van der Waals surface area contributed by atoms with Gasteiger partial charge in [0.25, 0.3) is 0 Å². The van der Waals surface area contributed by atoms with Gasteiger partial charge in [-0.25, -0.2) is 9.97 Å². The fourth-order valence-corrected chi connectivity index (χ4v) is 1.23. The van der Waals surface area contributed by atoms with E-state index in [1.807, 2.05) is 13.8 Å². The summed E-state index contributed by atoms with van der Waals surface area (Å²) in [5, 5.41) is 10.5. The lowest BCUT2D eigenvalue weighted by Gasteiger charge is -2.16. The van der Waals surface area contributed by atoms with Gasteiger partial charge in [-0.3, -0.25) is 0 Å². The second-order valence-electron chi connectivity index (χ2n) is 3.97. The van der Waals surface area contributed by atoms with Gasteiger partial charge in [-0.15, -0.1) is 5.10 Å². The zero-order valence-corrected chi connectivity index (χ0v) is 9.87. The first kappa shape index (κ1) is 11.6. The highest BCUT2D eigenvalue weighted by atomic mass is 15.3. The summed E-state index contributed by atoms with van der Waals surface area (Å²) >= 11 is 0. The molecule has 0 spiro atoms. The molecule has 0 radical (unpaired) electrons. The van der Waals surface area contributed by atoms with Crippen LogP contribution in [0, 0.1) is 0 Å². The molecule has 2 aromatic rings. The van der Waals surface area contributed by atoms with E-state index >= 15 is 0 Å². The van der Waals surface area contributed by atoms with Crippen molar-refractivity contribution >= 4 is 11.2 Å². The van der Waals surface area contributed by atoms with Gasteiger partial charge in [-0.1, -0.05) is 34.6 Å². The van der Waals surface area contributed by atoms with Gasteiger partial charge < -0.3 is 0 Å². The molecule has 0 amide bonds. The van der Waals surface area contributed by atoms with Crippen LogP contribution in [-0.2, 0) is 5.41 Å². The van der Waals surface area contributed by atoms with Gasteiger partial charge in [-0.05, 0) is 0 Å². The zero-order chi connectivity index (χ0) is 11.5. The number of hydrogen-bond donors (Lipinski definition) is 1. The van der Waals surface area contributed by atoms with Crippen molar-refractivity contribution in [2.45, 2.75) is 40.0 Å². The minimum atomic E-state index is -0.0297. The molecule has 15 heavy (non-hydrogen) atoms. The van der Waals surface area contributed by atoms with Gasteiger partial charge in [0, 0.05) is 5.41 Å². The summed E-state index contributed by atoms with van der Waals surface area (Å²) < 4.78 is 0. The number of aromatic nitrogens is 5. The van der Waals surface area contributed by atoms with E-state index < -0.39 is 0 Å². The van der Waals surface area contributed by atoms with Gasteiger partial charge in [0.05, 0.1) is 5.69 Å². The van der Waals surface area contributed by atoms with Crippen LogP contribution in [0.15, 0.2) is 6.33 Å². The predicted octanol–water partition coefficient (Wildman–Crippen LogP) is 2.07. The summed E-state index contributed by atoms with van der Waals surface area (Å²) in [5.41, 5.74) is 2.28. The third kappa shape index (κ3) is 2.29. The summed E-state index contributed by atoms with van der Waals surface area (Å²) in [5.74, 6) is 0. The lowest BCUT2D eigenvalue weighted by molar-refractivity contribution is 0.572. The summed E-state index contributed by atoms with van der Waals surface area (Å²) in [6.07, 6.45) is 1.52. The predicted molar refractivity (Wildman–Crippen MR) is 59.5 cm³/mol. The van der Waals surface area contributed by atoms with E-state index in [1.165, 1.54) is 6.33 Å². The summed E-state index contributed by atoms with van der Waals surface area (Å²) in [6.45, 7) is 10.3. The normalized spacial score (nSPS) is 11.0. The number of hydrogen-bond acceptors (Lipinski definition) is 4. The Morgan fingerprint density at radius 1 is 1.07 bits per heavy atom. The number of fused-ring (bicyclic) bond motifs is 1. The van der Waals surface area contributed by atoms with Crippen LogP contribution >= 0.6 is 0 Å². The highest BCUT2D eigenvalue weighted by molar-refractivity contribution is 5.72. The maximum atomic E-state index is 4.22. The van der Waals surface area contributed by atoms with E-state index in [2.05, 4.69) is 46.1 Å². The molecule has 0 unspecified atom stereocenters. The Morgan fingerprint density at radius 3 is 2.33 bits per heavy atom. The molecule has 0 atom stereocenters. The Labute approximate surface area is 89.3 Å². The molecule has 2 heterocycles. The average Bonchev–Trinajstić information content (AvgIpc) is 2.66. The van der Waals surface area contributed by atoms with Gasteiger partial charge in [0.2, 0.25) is 5.65 Å². The molecular formula is C10H17N5. The molecule has 0 fully saturated rings. The molecule has 82 valence electrons. The first-order valence-corrected chi connectivity index (χ1v) is 5.11. The molecule has 5 heteroatoms. The topological polar surface area (TPSA) is 67.3 Å². The lowest BCUT2D eigenvalue weighted by atomic mass is 9.91. The third-order valence-electron chi connectivity index (χ3n) is 1.83. The largest absolute Gasteiger partial charge is 0.238 e. The first-order chi connectivity index (χ1) is 7.09. The van der Waals surface area contributed by atoms with Crippen molar-refractivity contribution in [2.24, 2.45) is 0 Å². The van der Waals surface area contributed by atoms with Crippen molar-refractivity contribution in [1.82, 2.24) is 25.4 Å². The van der Waals surface area contributed by atoms with Crippen LogP contribution in [0.3, 0.4) is 0 Å². The van der Waals surface area contributed by atoms with Crippen molar-refractivity contribution in [2.75, 3.05) is 0 Å². The lowest BCUT2D eigenvalue weighted by Crippen LogP contribution is -2.14. The SMILES string of the molecule is CC.CC(C)(C)c1ncnc2n[nH]nc12. The fourth-order valence-electron chi connectivity index (χ4n) is 1.23. The van der Waals surface area contributed by atoms with Gasteiger partial charge in [-0.2, -0.15) is 10.3 Å². The van der Waals surface area contributed by atoms with Crippen LogP contribution in [0.4, 0.5) is 0 Å². The maximum absolute atomic E-state index is 4.22. The molecule has 0 aliphatic rings. The molecular weight excluding hydrogens is 190 g/mol. The van der Waals surface area contributed by atoms with Crippen LogP contribution in [-0.4, -0.2) is 25.4 Å². The Bertz CT molecular complexity index is 427. The Balaban J connectivity index is 0.000000531. The van der Waals surface area contributed by atoms with Crippen molar-refractivity contribution in [1.29, 1.82) is 0 Å². The molecule has 1 N–H and O–H groups in total. The van der Waals surface area contributed by atoms with Crippen LogP contribution in [0.25, 0.3) is 11.2 Å². The quantitative estimate of drug-likeness (QED) is 0.718. The fraction of sp³-hybridized carbons (Fsp3) is 0.600. The molecule has 2 aromatic heterocycles. The van der Waals surface area contributed by atoms with Crippen LogP contribution in [0.5, 0.6) is 0 Å². The number of aromatic amines is 1. The van der Waals surface area contributed by atoms with E-state index in [4.69, 9.17) is 0 Å². The smallest absolute Gasteiger partial charge is 0.204 e. The van der Waals surface area contributed by atoms with E-state index in [-0.39, 0.29) is 5.41 Å². The Kier molecular flexibility index (Phi) is 3.34. The number of rotatable bonds is 0. The molecule has 0 bridgehead atoms. The van der Waals surface area contributed by atoms with Crippen molar-refractivity contribution < 1.29 is 0 Å². The molecule has 2 rings (SSSR count). The van der Waals surface area contributed by atoms with Crippen LogP contribution in [0.1, 0.15) is 40.3 Å². The van der Waals surface area contributed by atoms with E-state index in [9.17, 15) is 0 Å². The number of H-pyrrole nitrogens is 1. The first-order valence-electron chi connectivity index (χ1n) is 5.11. The van der Waals surface area contributed by atoms with Crippen molar-refractivity contribution in [3.8, 4) is 0 Å². The minimum absolute atomic E-state index is 0.0297. The van der Waals surface area contributed by atoms with Crippen LogP contribution in [0.2, 0.25) is 0 Å². The molecule has 0 saturated carbocycles. The molecule has 0 aliphatic carbocycles. The zero-order valence-electron chi connectivity index (χ0n) is 9.87. The third-order valence-corrected chi connectivity index (χ3v) is 1.83. The molecule has 0 saturated heterocycles. The summed E-state index contributed by atoms with van der Waals surface area (Å²) in [7, 11) is 0. The van der Waals surface area contributed by atoms with E-state index in [1.54, 1.807) is 0 Å². The maximum Gasteiger partial charge on any atom is 0.204 e. The average molecular weight is 207 g/mol. The Hall–Kier alpha value is -1.52. The van der Waals surface area contributed by atoms with Gasteiger partial charge >= 0.3 is 0 Å². The van der Waals surface area contributed by atoms with E-state index in [0.717, 1.165) is 11.2 Å². The molecule has 0 aliphatic heterocycles. The number of nitrogens with one attached hydrogen (secondary N) is 1. The van der Waals surface area contributed by atoms with Crippen molar-refractivity contribution in [3.63, 3.8) is 0 Å². The minimum Gasteiger partial charge on any atom is -0.238 e. The molecule has 0 aromatic carbocycles. The monoisotopic (exact) mass is 207 g/mol. The summed E-state index contributed by atoms with van der Waals surface area (Å²) in [6, 6.07) is 0. The second-order valence-corrected chi connectivity index (χ2v) is 3.97. The van der Waals surface area contributed by atoms with Gasteiger partial charge in [0.1, 0.15) is 6.33 Å². The van der Waals surface area contributed by atoms with Gasteiger partial charge in [0.15, 0.2) is 5.52 Å². The van der Waals surface area contributed by atoms with Crippen molar-refractivity contribution in [3.05, 3.63) is 12.0 Å². The van der Waals surface area contributed by atoms with E-state index in [0.29, 0.717) is 5.65 Å². The summed E-state index contributed by atoms with van der Waals surface area (Å²) in [4.78, 5) is 8.22. The highest BCUT2D eigenvalue weighted by Crippen LogP contribution is 2.23. The highest BCUT2D eigenvalue weighted by Gasteiger charge is 2.20. The second kappa shape index (κ2) is 4.33. The number of nitrogens with zero attached hydrogens (tertiary/aromatic N) is 4. The standard InChI is InChI=1S/C8H11N5.C2H6/c1-8(2,3)6-5-7(10-4-9-6)12-13-11-5;1-2/h4H,1-3H3,(H,9,10,11,12,13);1-2H3. The molecule has 5 nitrogen and oxygen atoms in total. The van der Waals surface area contributed by atoms with Crippen LogP contribution < -0.4 is 0 Å².